The summed E-state index contributed by atoms with van der Waals surface area (Å²) in [5.74, 6) is 2.84. The molecule has 14 heavy (non-hydrogen) atoms. The second-order valence-electron chi connectivity index (χ2n) is 5.03. The molecule has 0 heteroatoms. The molecule has 3 atom stereocenters. The summed E-state index contributed by atoms with van der Waals surface area (Å²) in [6.45, 7) is 11.8. The van der Waals surface area contributed by atoms with Crippen LogP contribution in [0, 0.1) is 17.8 Å². The van der Waals surface area contributed by atoms with E-state index in [0.29, 0.717) is 0 Å². The second kappa shape index (κ2) is 8.32. The minimum absolute atomic E-state index is 0.925. The van der Waals surface area contributed by atoms with Crippen LogP contribution in [0.5, 0.6) is 0 Å². The Morgan fingerprint density at radius 2 is 1.43 bits per heavy atom. The number of hydrogen-bond acceptors (Lipinski definition) is 0. The lowest BCUT2D eigenvalue weighted by Gasteiger charge is -2.23. The molecule has 0 spiro atoms. The molecule has 0 aliphatic rings. The Labute approximate surface area is 91.5 Å². The predicted octanol–water partition coefficient (Wildman–Crippen LogP) is 5.28. The lowest BCUT2D eigenvalue weighted by Crippen LogP contribution is -2.11. The van der Waals surface area contributed by atoms with E-state index >= 15 is 0 Å². The third kappa shape index (κ3) is 5.67. The molecule has 0 aromatic heterocycles. The second-order valence-corrected chi connectivity index (χ2v) is 5.03. The Balaban J connectivity index is 3.71. The summed E-state index contributed by atoms with van der Waals surface area (Å²) < 4.78 is 0. The summed E-state index contributed by atoms with van der Waals surface area (Å²) in [5, 5.41) is 0. The van der Waals surface area contributed by atoms with E-state index in [1.165, 1.54) is 38.5 Å². The molecular formula is C14H30. The maximum absolute atomic E-state index is 2.42. The molecular weight excluding hydrogens is 168 g/mol. The summed E-state index contributed by atoms with van der Waals surface area (Å²) in [7, 11) is 0. The first-order valence-electron chi connectivity index (χ1n) is 6.65. The highest BCUT2D eigenvalue weighted by Gasteiger charge is 2.14. The van der Waals surface area contributed by atoms with E-state index in [2.05, 4.69) is 34.6 Å². The zero-order chi connectivity index (χ0) is 11.0. The lowest BCUT2D eigenvalue weighted by atomic mass is 9.83. The molecule has 0 fully saturated rings. The standard InChI is InChI=1S/C14H30/c1-6-9-12(4)10-11-14(8-3)13(5)7-2/h12-14H,6-11H2,1-5H3. The lowest BCUT2D eigenvalue weighted by molar-refractivity contribution is 0.288. The zero-order valence-corrected chi connectivity index (χ0v) is 11.0. The molecule has 0 aliphatic carbocycles. The van der Waals surface area contributed by atoms with E-state index in [0.717, 1.165) is 17.8 Å². The van der Waals surface area contributed by atoms with Crippen molar-refractivity contribution in [3.63, 3.8) is 0 Å². The minimum atomic E-state index is 0.925. The van der Waals surface area contributed by atoms with Gasteiger partial charge in [-0.1, -0.05) is 66.7 Å². The van der Waals surface area contributed by atoms with Gasteiger partial charge in [-0.05, 0) is 24.2 Å². The van der Waals surface area contributed by atoms with E-state index in [1.54, 1.807) is 0 Å². The Bertz CT molecular complexity index is 117. The quantitative estimate of drug-likeness (QED) is 0.498. The van der Waals surface area contributed by atoms with Crippen molar-refractivity contribution in [3.8, 4) is 0 Å². The highest BCUT2D eigenvalue weighted by atomic mass is 14.2. The van der Waals surface area contributed by atoms with Crippen molar-refractivity contribution in [2.24, 2.45) is 17.8 Å². The third-order valence-corrected chi connectivity index (χ3v) is 3.78. The van der Waals surface area contributed by atoms with Crippen LogP contribution in [0.25, 0.3) is 0 Å². The van der Waals surface area contributed by atoms with Gasteiger partial charge in [-0.15, -0.1) is 0 Å². The SMILES string of the molecule is CCCC(C)CCC(CC)C(C)CC. The molecule has 0 heterocycles. The van der Waals surface area contributed by atoms with E-state index < -0.39 is 0 Å². The average molecular weight is 198 g/mol. The molecule has 3 unspecified atom stereocenters. The van der Waals surface area contributed by atoms with E-state index in [-0.39, 0.29) is 0 Å². The average Bonchev–Trinajstić information content (AvgIpc) is 2.18. The van der Waals surface area contributed by atoms with Crippen molar-refractivity contribution in [1.29, 1.82) is 0 Å². The topological polar surface area (TPSA) is 0 Å². The molecule has 0 radical (unpaired) electrons. The first-order chi connectivity index (χ1) is 6.65. The highest BCUT2D eigenvalue weighted by Crippen LogP contribution is 2.26. The van der Waals surface area contributed by atoms with Crippen LogP contribution in [0.4, 0.5) is 0 Å². The van der Waals surface area contributed by atoms with Gasteiger partial charge in [0.2, 0.25) is 0 Å². The maximum atomic E-state index is 2.42. The fraction of sp³-hybridized carbons (Fsp3) is 1.00. The van der Waals surface area contributed by atoms with Gasteiger partial charge in [0, 0.05) is 0 Å². The third-order valence-electron chi connectivity index (χ3n) is 3.78. The van der Waals surface area contributed by atoms with Gasteiger partial charge in [-0.2, -0.15) is 0 Å². The summed E-state index contributed by atoms with van der Waals surface area (Å²) in [6, 6.07) is 0. The molecule has 0 aromatic rings. The molecule has 0 bridgehead atoms. The summed E-state index contributed by atoms with van der Waals surface area (Å²) >= 11 is 0. The summed E-state index contributed by atoms with van der Waals surface area (Å²) in [6.07, 6.45) is 8.37. The van der Waals surface area contributed by atoms with Crippen LogP contribution in [-0.4, -0.2) is 0 Å². The Morgan fingerprint density at radius 3 is 1.86 bits per heavy atom. The predicted molar refractivity (Wildman–Crippen MR) is 66.5 cm³/mol. The molecule has 0 aliphatic heterocycles. The van der Waals surface area contributed by atoms with Gasteiger partial charge >= 0.3 is 0 Å². The molecule has 0 saturated carbocycles. The van der Waals surface area contributed by atoms with Crippen molar-refractivity contribution in [2.75, 3.05) is 0 Å². The first kappa shape index (κ1) is 14.0. The fourth-order valence-corrected chi connectivity index (χ4v) is 2.36. The normalized spacial score (nSPS) is 17.8. The van der Waals surface area contributed by atoms with Gasteiger partial charge < -0.3 is 0 Å². The van der Waals surface area contributed by atoms with Crippen molar-refractivity contribution < 1.29 is 0 Å². The molecule has 86 valence electrons. The number of rotatable bonds is 8. The Hall–Kier alpha value is 0. The van der Waals surface area contributed by atoms with E-state index in [4.69, 9.17) is 0 Å². The van der Waals surface area contributed by atoms with E-state index in [1.807, 2.05) is 0 Å². The van der Waals surface area contributed by atoms with Crippen LogP contribution >= 0.6 is 0 Å². The van der Waals surface area contributed by atoms with Crippen molar-refractivity contribution >= 4 is 0 Å². The maximum Gasteiger partial charge on any atom is -0.0391 e. The Kier molecular flexibility index (Phi) is 8.32. The van der Waals surface area contributed by atoms with Crippen LogP contribution in [0.15, 0.2) is 0 Å². The van der Waals surface area contributed by atoms with Crippen LogP contribution < -0.4 is 0 Å². The highest BCUT2D eigenvalue weighted by molar-refractivity contribution is 4.65. The van der Waals surface area contributed by atoms with Gasteiger partial charge in [-0.3, -0.25) is 0 Å². The van der Waals surface area contributed by atoms with Crippen LogP contribution in [0.3, 0.4) is 0 Å². The van der Waals surface area contributed by atoms with Crippen LogP contribution in [0.2, 0.25) is 0 Å². The van der Waals surface area contributed by atoms with Crippen molar-refractivity contribution in [1.82, 2.24) is 0 Å². The van der Waals surface area contributed by atoms with Crippen LogP contribution in [-0.2, 0) is 0 Å². The zero-order valence-electron chi connectivity index (χ0n) is 11.0. The smallest absolute Gasteiger partial charge is 0.0391 e. The fourth-order valence-electron chi connectivity index (χ4n) is 2.36. The number of hydrogen-bond donors (Lipinski definition) is 0. The van der Waals surface area contributed by atoms with Gasteiger partial charge in [0.1, 0.15) is 0 Å². The largest absolute Gasteiger partial charge is 0.0654 e. The van der Waals surface area contributed by atoms with Gasteiger partial charge in [0.15, 0.2) is 0 Å². The van der Waals surface area contributed by atoms with Gasteiger partial charge in [-0.25, -0.2) is 0 Å². The van der Waals surface area contributed by atoms with E-state index in [9.17, 15) is 0 Å². The molecule has 0 saturated heterocycles. The van der Waals surface area contributed by atoms with Crippen molar-refractivity contribution in [3.05, 3.63) is 0 Å². The van der Waals surface area contributed by atoms with Crippen LogP contribution in [0.1, 0.15) is 73.1 Å². The van der Waals surface area contributed by atoms with Crippen molar-refractivity contribution in [2.45, 2.75) is 73.1 Å². The molecule has 0 N–H and O–H groups in total. The molecule has 0 aromatic carbocycles. The Morgan fingerprint density at radius 1 is 0.786 bits per heavy atom. The molecule has 0 amide bonds. The monoisotopic (exact) mass is 198 g/mol. The minimum Gasteiger partial charge on any atom is -0.0654 e. The van der Waals surface area contributed by atoms with Gasteiger partial charge in [0.05, 0.1) is 0 Å². The summed E-state index contributed by atoms with van der Waals surface area (Å²) in [5.41, 5.74) is 0. The van der Waals surface area contributed by atoms with Gasteiger partial charge in [0.25, 0.3) is 0 Å². The first-order valence-corrected chi connectivity index (χ1v) is 6.65. The molecule has 0 rings (SSSR count). The summed E-state index contributed by atoms with van der Waals surface area (Å²) in [4.78, 5) is 0. The molecule has 0 nitrogen and oxygen atoms in total.